The summed E-state index contributed by atoms with van der Waals surface area (Å²) in [5.74, 6) is 1.31. The number of anilines is 1. The quantitative estimate of drug-likeness (QED) is 0.642. The van der Waals surface area contributed by atoms with Crippen LogP contribution in [0.25, 0.3) is 10.9 Å². The summed E-state index contributed by atoms with van der Waals surface area (Å²) in [6.45, 7) is 1.88. The number of fused-ring (bicyclic) bond motifs is 1. The largest absolute Gasteiger partial charge is 0.493 e. The molecule has 1 N–H and O–H groups in total. The number of carbonyl (C=O) groups excluding carboxylic acids is 1. The van der Waals surface area contributed by atoms with E-state index in [-0.39, 0.29) is 11.8 Å². The molecule has 1 aliphatic heterocycles. The number of methoxy groups -OCH3 is 2. The van der Waals surface area contributed by atoms with Gasteiger partial charge in [-0.05, 0) is 36.6 Å². The predicted octanol–water partition coefficient (Wildman–Crippen LogP) is 3.66. The molecule has 2 aromatic carbocycles. The van der Waals surface area contributed by atoms with E-state index in [0.717, 1.165) is 48.1 Å². The van der Waals surface area contributed by atoms with Crippen molar-refractivity contribution in [1.82, 2.24) is 10.3 Å². The Labute approximate surface area is 187 Å². The molecule has 0 aliphatic carbocycles. The zero-order valence-electron chi connectivity index (χ0n) is 18.3. The highest BCUT2D eigenvalue weighted by Crippen LogP contribution is 2.32. The Morgan fingerprint density at radius 3 is 2.62 bits per heavy atom. The maximum atomic E-state index is 12.8. The molecule has 0 bridgehead atoms. The normalized spacial score (nSPS) is 14.1. The average Bonchev–Trinajstić information content (AvgIpc) is 2.86. The predicted molar refractivity (Wildman–Crippen MR) is 123 cm³/mol. The molecule has 7 nitrogen and oxygen atoms in total. The number of ether oxygens (including phenoxy) is 2. The molecule has 0 spiro atoms. The van der Waals surface area contributed by atoms with Gasteiger partial charge in [-0.15, -0.1) is 0 Å². The minimum Gasteiger partial charge on any atom is -0.493 e. The Hall–Kier alpha value is -3.79. The lowest BCUT2D eigenvalue weighted by atomic mass is 9.94. The number of hydrogen-bond donors (Lipinski definition) is 1. The number of nitrogens with one attached hydrogen (secondary N) is 1. The lowest BCUT2D eigenvalue weighted by Crippen LogP contribution is -2.40. The van der Waals surface area contributed by atoms with Crippen LogP contribution in [0.5, 0.6) is 11.5 Å². The zero-order valence-corrected chi connectivity index (χ0v) is 18.3. The SMILES string of the molecule is COc1ccc(CNC(=O)C2CCN(c3c(C#N)cnc4ccccc34)CC2)cc1OC. The van der Waals surface area contributed by atoms with Gasteiger partial charge in [0.25, 0.3) is 0 Å². The second kappa shape index (κ2) is 9.56. The monoisotopic (exact) mass is 430 g/mol. The van der Waals surface area contributed by atoms with E-state index in [1.54, 1.807) is 20.4 Å². The number of piperidine rings is 1. The van der Waals surface area contributed by atoms with Crippen molar-refractivity contribution in [1.29, 1.82) is 5.26 Å². The molecule has 1 saturated heterocycles. The lowest BCUT2D eigenvalue weighted by molar-refractivity contribution is -0.125. The first kappa shape index (κ1) is 21.4. The van der Waals surface area contributed by atoms with Crippen LogP contribution in [0, 0.1) is 17.2 Å². The molecule has 0 radical (unpaired) electrons. The molecule has 0 unspecified atom stereocenters. The molecule has 1 amide bonds. The van der Waals surface area contributed by atoms with Gasteiger partial charge in [0.15, 0.2) is 11.5 Å². The lowest BCUT2D eigenvalue weighted by Gasteiger charge is -2.34. The molecule has 3 aromatic rings. The topological polar surface area (TPSA) is 87.5 Å². The summed E-state index contributed by atoms with van der Waals surface area (Å²) < 4.78 is 10.6. The van der Waals surface area contributed by atoms with Gasteiger partial charge in [0.1, 0.15) is 6.07 Å². The second-order valence-corrected chi connectivity index (χ2v) is 7.82. The Morgan fingerprint density at radius 2 is 1.91 bits per heavy atom. The van der Waals surface area contributed by atoms with Crippen LogP contribution >= 0.6 is 0 Å². The van der Waals surface area contributed by atoms with E-state index >= 15 is 0 Å². The van der Waals surface area contributed by atoms with Gasteiger partial charge in [-0.2, -0.15) is 5.26 Å². The van der Waals surface area contributed by atoms with Crippen molar-refractivity contribution in [2.45, 2.75) is 19.4 Å². The molecule has 164 valence electrons. The van der Waals surface area contributed by atoms with E-state index in [1.807, 2.05) is 42.5 Å². The van der Waals surface area contributed by atoms with Gasteiger partial charge < -0.3 is 19.7 Å². The van der Waals surface area contributed by atoms with E-state index in [9.17, 15) is 10.1 Å². The third-order valence-electron chi connectivity index (χ3n) is 5.96. The third kappa shape index (κ3) is 4.30. The number of nitrogens with zero attached hydrogens (tertiary/aromatic N) is 3. The fraction of sp³-hybridized carbons (Fsp3) is 0.320. The van der Waals surface area contributed by atoms with E-state index in [4.69, 9.17) is 9.47 Å². The highest BCUT2D eigenvalue weighted by Gasteiger charge is 2.27. The van der Waals surface area contributed by atoms with Crippen LogP contribution < -0.4 is 19.7 Å². The van der Waals surface area contributed by atoms with Crippen molar-refractivity contribution in [3.63, 3.8) is 0 Å². The van der Waals surface area contributed by atoms with Crippen LogP contribution in [0.4, 0.5) is 5.69 Å². The number of hydrogen-bond acceptors (Lipinski definition) is 6. The zero-order chi connectivity index (χ0) is 22.5. The summed E-state index contributed by atoms with van der Waals surface area (Å²) >= 11 is 0. The van der Waals surface area contributed by atoms with Gasteiger partial charge in [-0.25, -0.2) is 0 Å². The van der Waals surface area contributed by atoms with Gasteiger partial charge in [0, 0.05) is 37.1 Å². The van der Waals surface area contributed by atoms with Crippen molar-refractivity contribution in [3.8, 4) is 17.6 Å². The summed E-state index contributed by atoms with van der Waals surface area (Å²) in [5.41, 5.74) is 3.31. The van der Waals surface area contributed by atoms with Crippen LogP contribution in [0.3, 0.4) is 0 Å². The van der Waals surface area contributed by atoms with E-state index < -0.39 is 0 Å². The van der Waals surface area contributed by atoms with E-state index in [2.05, 4.69) is 21.3 Å². The number of pyridine rings is 1. The number of nitriles is 1. The first-order chi connectivity index (χ1) is 15.6. The van der Waals surface area contributed by atoms with Gasteiger partial charge in [0.05, 0.1) is 31.0 Å². The summed E-state index contributed by atoms with van der Waals surface area (Å²) in [4.78, 5) is 19.4. The maximum absolute atomic E-state index is 12.8. The molecular weight excluding hydrogens is 404 g/mol. The summed E-state index contributed by atoms with van der Waals surface area (Å²) in [7, 11) is 3.19. The minimum absolute atomic E-state index is 0.0509. The fourth-order valence-electron chi connectivity index (χ4n) is 4.24. The van der Waals surface area contributed by atoms with Crippen molar-refractivity contribution in [3.05, 3.63) is 59.8 Å². The molecule has 1 aliphatic rings. The number of para-hydroxylation sites is 1. The Bertz CT molecular complexity index is 1160. The third-order valence-corrected chi connectivity index (χ3v) is 5.96. The smallest absolute Gasteiger partial charge is 0.223 e. The molecule has 0 saturated carbocycles. The average molecular weight is 431 g/mol. The summed E-state index contributed by atoms with van der Waals surface area (Å²) in [6, 6.07) is 15.8. The highest BCUT2D eigenvalue weighted by atomic mass is 16.5. The highest BCUT2D eigenvalue weighted by molar-refractivity contribution is 5.94. The fourth-order valence-corrected chi connectivity index (χ4v) is 4.24. The Kier molecular flexibility index (Phi) is 6.41. The summed E-state index contributed by atoms with van der Waals surface area (Å²) in [5, 5.41) is 13.6. The van der Waals surface area contributed by atoms with Gasteiger partial charge in [-0.1, -0.05) is 24.3 Å². The first-order valence-electron chi connectivity index (χ1n) is 10.7. The molecule has 0 atom stereocenters. The van der Waals surface area contributed by atoms with Crippen molar-refractivity contribution in [2.75, 3.05) is 32.2 Å². The second-order valence-electron chi connectivity index (χ2n) is 7.82. The van der Waals surface area contributed by atoms with Gasteiger partial charge in [0.2, 0.25) is 5.91 Å². The maximum Gasteiger partial charge on any atom is 0.223 e. The number of carbonyl (C=O) groups is 1. The number of aromatic nitrogens is 1. The number of benzene rings is 2. The van der Waals surface area contributed by atoms with E-state index in [1.165, 1.54) is 0 Å². The van der Waals surface area contributed by atoms with Gasteiger partial charge in [-0.3, -0.25) is 9.78 Å². The molecular formula is C25H26N4O3. The molecule has 2 heterocycles. The number of amides is 1. The van der Waals surface area contributed by atoms with Crippen LogP contribution in [0.1, 0.15) is 24.0 Å². The standard InChI is InChI=1S/C25H26N4O3/c1-31-22-8-7-17(13-23(22)32-2)15-28-25(30)18-9-11-29(12-10-18)24-19(14-26)16-27-21-6-4-3-5-20(21)24/h3-8,13,16,18H,9-12,15H2,1-2H3,(H,28,30). The molecule has 1 fully saturated rings. The first-order valence-corrected chi connectivity index (χ1v) is 10.7. The Balaban J connectivity index is 1.40. The molecule has 4 rings (SSSR count). The van der Waals surface area contributed by atoms with Gasteiger partial charge >= 0.3 is 0 Å². The molecule has 7 heteroatoms. The van der Waals surface area contributed by atoms with Crippen molar-refractivity contribution in [2.24, 2.45) is 5.92 Å². The van der Waals surface area contributed by atoms with Crippen LogP contribution in [0.2, 0.25) is 0 Å². The van der Waals surface area contributed by atoms with Crippen LogP contribution in [0.15, 0.2) is 48.7 Å². The van der Waals surface area contributed by atoms with E-state index in [0.29, 0.717) is 23.6 Å². The van der Waals surface area contributed by atoms with Crippen molar-refractivity contribution >= 4 is 22.5 Å². The minimum atomic E-state index is -0.0509. The summed E-state index contributed by atoms with van der Waals surface area (Å²) in [6.07, 6.45) is 3.11. The van der Waals surface area contributed by atoms with Crippen molar-refractivity contribution < 1.29 is 14.3 Å². The molecule has 32 heavy (non-hydrogen) atoms. The van der Waals surface area contributed by atoms with Crippen LogP contribution in [-0.2, 0) is 11.3 Å². The molecule has 1 aromatic heterocycles. The Morgan fingerprint density at radius 1 is 1.16 bits per heavy atom. The van der Waals surface area contributed by atoms with Crippen LogP contribution in [-0.4, -0.2) is 38.2 Å². The number of rotatable bonds is 6.